The standard InChI is InChI=1S/C22H20ClN5O/c1-2-3-12-19-24-20-14-18(15-8-5-4-6-9-15)27-28(20)22(25-19)26-21(29)16-10-7-11-17(23)13-16/h4-11,13-14H,2-3,12H2,1H3,(H,24,25,26,29). The third kappa shape index (κ3) is 4.27. The van der Waals surface area contributed by atoms with Gasteiger partial charge in [-0.25, -0.2) is 4.98 Å². The van der Waals surface area contributed by atoms with Gasteiger partial charge in [-0.1, -0.05) is 61.3 Å². The van der Waals surface area contributed by atoms with Gasteiger partial charge in [0, 0.05) is 28.6 Å². The minimum absolute atomic E-state index is 0.300. The molecule has 146 valence electrons. The quantitative estimate of drug-likeness (QED) is 0.487. The van der Waals surface area contributed by atoms with Crippen LogP contribution < -0.4 is 5.32 Å². The maximum absolute atomic E-state index is 12.7. The molecule has 7 heteroatoms. The molecule has 4 rings (SSSR count). The number of carbonyl (C=O) groups is 1. The SMILES string of the molecule is CCCCc1nc(NC(=O)c2cccc(Cl)c2)n2nc(-c3ccccc3)cc2n1. The Morgan fingerprint density at radius 2 is 1.90 bits per heavy atom. The molecule has 0 saturated heterocycles. The smallest absolute Gasteiger partial charge is 0.258 e. The van der Waals surface area contributed by atoms with Crippen molar-refractivity contribution >= 4 is 29.1 Å². The molecule has 0 unspecified atom stereocenters. The number of amides is 1. The number of aryl methyl sites for hydroxylation is 1. The van der Waals surface area contributed by atoms with Crippen molar-refractivity contribution in [3.8, 4) is 11.3 Å². The zero-order chi connectivity index (χ0) is 20.2. The van der Waals surface area contributed by atoms with Crippen molar-refractivity contribution in [2.45, 2.75) is 26.2 Å². The van der Waals surface area contributed by atoms with Crippen molar-refractivity contribution in [3.63, 3.8) is 0 Å². The Morgan fingerprint density at radius 1 is 1.07 bits per heavy atom. The van der Waals surface area contributed by atoms with Gasteiger partial charge in [0.2, 0.25) is 5.95 Å². The first-order valence-corrected chi connectivity index (χ1v) is 9.91. The molecule has 4 aromatic rings. The monoisotopic (exact) mass is 405 g/mol. The minimum Gasteiger partial charge on any atom is -0.290 e. The molecular weight excluding hydrogens is 386 g/mol. The summed E-state index contributed by atoms with van der Waals surface area (Å²) in [6.45, 7) is 2.12. The van der Waals surface area contributed by atoms with Crippen LogP contribution in [0.5, 0.6) is 0 Å². The van der Waals surface area contributed by atoms with Crippen LogP contribution in [0.1, 0.15) is 35.9 Å². The molecule has 0 fully saturated rings. The summed E-state index contributed by atoms with van der Waals surface area (Å²) in [4.78, 5) is 21.9. The highest BCUT2D eigenvalue weighted by molar-refractivity contribution is 6.31. The third-order valence-electron chi connectivity index (χ3n) is 4.51. The van der Waals surface area contributed by atoms with Gasteiger partial charge in [-0.15, -0.1) is 0 Å². The van der Waals surface area contributed by atoms with Crippen LogP contribution in [-0.4, -0.2) is 25.5 Å². The Morgan fingerprint density at radius 3 is 2.66 bits per heavy atom. The molecule has 1 N–H and O–H groups in total. The van der Waals surface area contributed by atoms with Gasteiger partial charge in [0.1, 0.15) is 5.82 Å². The number of aromatic nitrogens is 4. The maximum atomic E-state index is 12.7. The first kappa shape index (κ1) is 19.1. The van der Waals surface area contributed by atoms with Gasteiger partial charge in [-0.05, 0) is 24.6 Å². The Balaban J connectivity index is 1.75. The van der Waals surface area contributed by atoms with Crippen molar-refractivity contribution in [1.82, 2.24) is 19.6 Å². The van der Waals surface area contributed by atoms with Crippen molar-refractivity contribution in [3.05, 3.63) is 77.1 Å². The number of carbonyl (C=O) groups excluding carboxylic acids is 1. The van der Waals surface area contributed by atoms with Gasteiger partial charge in [-0.2, -0.15) is 14.6 Å². The molecule has 0 radical (unpaired) electrons. The summed E-state index contributed by atoms with van der Waals surface area (Å²) < 4.78 is 1.57. The first-order valence-electron chi connectivity index (χ1n) is 9.53. The predicted octanol–water partition coefficient (Wildman–Crippen LogP) is 5.04. The highest BCUT2D eigenvalue weighted by Crippen LogP contribution is 2.21. The van der Waals surface area contributed by atoms with Crippen LogP contribution in [0.3, 0.4) is 0 Å². The van der Waals surface area contributed by atoms with Crippen LogP contribution in [0.2, 0.25) is 5.02 Å². The number of hydrogen-bond donors (Lipinski definition) is 1. The molecule has 0 spiro atoms. The fourth-order valence-corrected chi connectivity index (χ4v) is 3.20. The van der Waals surface area contributed by atoms with Crippen LogP contribution in [0.4, 0.5) is 5.95 Å². The molecule has 0 aliphatic heterocycles. The van der Waals surface area contributed by atoms with Gasteiger partial charge in [-0.3, -0.25) is 10.1 Å². The van der Waals surface area contributed by atoms with E-state index in [1.165, 1.54) is 0 Å². The zero-order valence-electron chi connectivity index (χ0n) is 16.0. The molecule has 0 bridgehead atoms. The predicted molar refractivity (Wildman–Crippen MR) is 114 cm³/mol. The molecule has 0 aliphatic rings. The lowest BCUT2D eigenvalue weighted by Gasteiger charge is -2.08. The van der Waals surface area contributed by atoms with Gasteiger partial charge in [0.15, 0.2) is 5.65 Å². The molecule has 2 aromatic carbocycles. The summed E-state index contributed by atoms with van der Waals surface area (Å²) in [7, 11) is 0. The lowest BCUT2D eigenvalue weighted by molar-refractivity contribution is 0.102. The average molecular weight is 406 g/mol. The average Bonchev–Trinajstić information content (AvgIpc) is 3.17. The van der Waals surface area contributed by atoms with Crippen LogP contribution in [0.25, 0.3) is 16.9 Å². The van der Waals surface area contributed by atoms with Crippen LogP contribution >= 0.6 is 11.6 Å². The van der Waals surface area contributed by atoms with Gasteiger partial charge in [0.05, 0.1) is 5.69 Å². The Bertz CT molecular complexity index is 1160. The summed E-state index contributed by atoms with van der Waals surface area (Å²) in [6, 6.07) is 18.5. The minimum atomic E-state index is -0.300. The fraction of sp³-hybridized carbons (Fsp3) is 0.182. The van der Waals surface area contributed by atoms with Crippen molar-refractivity contribution < 1.29 is 4.79 Å². The number of unbranched alkanes of at least 4 members (excludes halogenated alkanes) is 1. The number of halogens is 1. The Hall–Kier alpha value is -3.25. The number of benzene rings is 2. The Kier molecular flexibility index (Phi) is 5.53. The summed E-state index contributed by atoms with van der Waals surface area (Å²) in [5.41, 5.74) is 2.84. The van der Waals surface area contributed by atoms with Gasteiger partial charge < -0.3 is 0 Å². The lowest BCUT2D eigenvalue weighted by Crippen LogP contribution is -2.17. The van der Waals surface area contributed by atoms with E-state index in [4.69, 9.17) is 11.6 Å². The number of anilines is 1. The number of nitrogens with one attached hydrogen (secondary N) is 1. The highest BCUT2D eigenvalue weighted by atomic mass is 35.5. The van der Waals surface area contributed by atoms with E-state index in [0.29, 0.717) is 28.0 Å². The second-order valence-corrected chi connectivity index (χ2v) is 7.13. The van der Waals surface area contributed by atoms with Gasteiger partial charge in [0.25, 0.3) is 5.91 Å². The summed E-state index contributed by atoms with van der Waals surface area (Å²) >= 11 is 6.02. The van der Waals surface area contributed by atoms with Crippen LogP contribution in [-0.2, 0) is 6.42 Å². The molecule has 2 heterocycles. The summed E-state index contributed by atoms with van der Waals surface area (Å²) in [5, 5.41) is 7.98. The van der Waals surface area contributed by atoms with E-state index in [9.17, 15) is 4.79 Å². The summed E-state index contributed by atoms with van der Waals surface area (Å²) in [5.74, 6) is 0.721. The number of fused-ring (bicyclic) bond motifs is 1. The third-order valence-corrected chi connectivity index (χ3v) is 4.74. The van der Waals surface area contributed by atoms with Crippen LogP contribution in [0.15, 0.2) is 60.7 Å². The maximum Gasteiger partial charge on any atom is 0.258 e. The highest BCUT2D eigenvalue weighted by Gasteiger charge is 2.15. The first-order chi connectivity index (χ1) is 14.1. The molecule has 29 heavy (non-hydrogen) atoms. The molecule has 0 aliphatic carbocycles. The van der Waals surface area contributed by atoms with E-state index in [-0.39, 0.29) is 5.91 Å². The summed E-state index contributed by atoms with van der Waals surface area (Å²) in [6.07, 6.45) is 2.74. The Labute approximate surface area is 173 Å². The number of rotatable bonds is 6. The molecular formula is C22H20ClN5O. The largest absolute Gasteiger partial charge is 0.290 e. The second-order valence-electron chi connectivity index (χ2n) is 6.70. The van der Waals surface area contributed by atoms with Crippen LogP contribution in [0, 0.1) is 0 Å². The molecule has 2 aromatic heterocycles. The molecule has 0 saturated carbocycles. The number of nitrogens with zero attached hydrogens (tertiary/aromatic N) is 4. The normalized spacial score (nSPS) is 11.0. The number of hydrogen-bond acceptors (Lipinski definition) is 4. The zero-order valence-corrected chi connectivity index (χ0v) is 16.7. The van der Waals surface area contributed by atoms with E-state index in [1.54, 1.807) is 28.8 Å². The lowest BCUT2D eigenvalue weighted by atomic mass is 10.2. The fourth-order valence-electron chi connectivity index (χ4n) is 3.01. The van der Waals surface area contributed by atoms with E-state index < -0.39 is 0 Å². The van der Waals surface area contributed by atoms with Crippen molar-refractivity contribution in [2.75, 3.05) is 5.32 Å². The van der Waals surface area contributed by atoms with E-state index in [1.807, 2.05) is 36.4 Å². The molecule has 1 amide bonds. The van der Waals surface area contributed by atoms with Crippen molar-refractivity contribution in [1.29, 1.82) is 0 Å². The molecule has 0 atom stereocenters. The molecule has 6 nitrogen and oxygen atoms in total. The van der Waals surface area contributed by atoms with Gasteiger partial charge >= 0.3 is 0 Å². The van der Waals surface area contributed by atoms with E-state index in [2.05, 4.69) is 27.3 Å². The van der Waals surface area contributed by atoms with E-state index >= 15 is 0 Å². The van der Waals surface area contributed by atoms with E-state index in [0.717, 1.165) is 30.5 Å². The topological polar surface area (TPSA) is 72.2 Å². The van der Waals surface area contributed by atoms with Crippen molar-refractivity contribution in [2.24, 2.45) is 0 Å². The second kappa shape index (κ2) is 8.41.